The lowest BCUT2D eigenvalue weighted by Gasteiger charge is -2.06. The van der Waals surface area contributed by atoms with Crippen molar-refractivity contribution < 1.29 is 4.79 Å². The molecule has 2 N–H and O–H groups in total. The van der Waals surface area contributed by atoms with Gasteiger partial charge >= 0.3 is 0 Å². The number of rotatable bonds is 4. The summed E-state index contributed by atoms with van der Waals surface area (Å²) >= 11 is 5.76. The zero-order valence-corrected chi connectivity index (χ0v) is 10.4. The van der Waals surface area contributed by atoms with Gasteiger partial charge in [-0.1, -0.05) is 18.2 Å². The zero-order valence-electron chi connectivity index (χ0n) is 9.64. The predicted octanol–water partition coefficient (Wildman–Crippen LogP) is 1.61. The number of carbonyl (C=O) groups is 1. The summed E-state index contributed by atoms with van der Waals surface area (Å²) < 4.78 is 1.46. The van der Waals surface area contributed by atoms with E-state index in [1.54, 1.807) is 0 Å². The monoisotopic (exact) mass is 252 g/mol. The van der Waals surface area contributed by atoms with Crippen LogP contribution in [-0.4, -0.2) is 21.2 Å². The van der Waals surface area contributed by atoms with Crippen molar-refractivity contribution in [2.75, 3.05) is 0 Å². The van der Waals surface area contributed by atoms with Gasteiger partial charge in [-0.25, -0.2) is 9.67 Å². The summed E-state index contributed by atoms with van der Waals surface area (Å²) in [5, 5.41) is 4.32. The molecule has 17 heavy (non-hydrogen) atoms. The molecule has 0 spiro atoms. The van der Waals surface area contributed by atoms with Crippen LogP contribution in [-0.2, 0) is 4.79 Å². The molecule has 90 valence electrons. The van der Waals surface area contributed by atoms with Crippen LogP contribution in [0, 0.1) is 13.8 Å². The van der Waals surface area contributed by atoms with Crippen molar-refractivity contribution in [3.63, 3.8) is 0 Å². The molecule has 0 aliphatic carbocycles. The van der Waals surface area contributed by atoms with E-state index in [1.165, 1.54) is 10.8 Å². The zero-order chi connectivity index (χ0) is 13.0. The molecule has 1 aromatic rings. The standard InChI is InChI=1S/C11H13ClN4O/c1-4-10(12)14-11(9(13)6-17)16-8(3)5-7(2)15-16/h4-6H,1,13H2,2-3H3/b11-9+,14-10+. The number of aryl methyl sites for hydroxylation is 2. The van der Waals surface area contributed by atoms with E-state index >= 15 is 0 Å². The average molecular weight is 253 g/mol. The average Bonchev–Trinajstić information content (AvgIpc) is 2.63. The molecule has 5 nitrogen and oxygen atoms in total. The van der Waals surface area contributed by atoms with Crippen molar-refractivity contribution in [2.45, 2.75) is 13.8 Å². The Morgan fingerprint density at radius 3 is 2.71 bits per heavy atom. The van der Waals surface area contributed by atoms with Gasteiger partial charge in [-0.3, -0.25) is 4.79 Å². The van der Waals surface area contributed by atoms with Crippen LogP contribution in [0.5, 0.6) is 0 Å². The minimum Gasteiger partial charge on any atom is -0.393 e. The van der Waals surface area contributed by atoms with Crippen molar-refractivity contribution in [1.29, 1.82) is 0 Å². The number of allylic oxidation sites excluding steroid dienone is 2. The Balaban J connectivity index is 3.41. The third-order valence-electron chi connectivity index (χ3n) is 1.98. The Bertz CT molecular complexity index is 514. The SMILES string of the molecule is C=C/C(Cl)=N\C(=C(/N)C=O)n1nc(C)cc1C. The van der Waals surface area contributed by atoms with E-state index in [0.717, 1.165) is 11.4 Å². The summed E-state index contributed by atoms with van der Waals surface area (Å²) in [6.07, 6.45) is 1.86. The molecular formula is C11H13ClN4O. The summed E-state index contributed by atoms with van der Waals surface area (Å²) in [6, 6.07) is 1.84. The van der Waals surface area contributed by atoms with Crippen molar-refractivity contribution in [3.8, 4) is 0 Å². The Hall–Kier alpha value is -1.88. The second-order valence-electron chi connectivity index (χ2n) is 3.37. The molecule has 0 unspecified atom stereocenters. The summed E-state index contributed by atoms with van der Waals surface area (Å²) in [5.41, 5.74) is 7.14. The topological polar surface area (TPSA) is 73.3 Å². The lowest BCUT2D eigenvalue weighted by molar-refractivity contribution is -0.104. The minimum absolute atomic E-state index is 0.0452. The third-order valence-corrected chi connectivity index (χ3v) is 2.22. The number of carbonyl (C=O) groups excluding carboxylic acids is 1. The maximum Gasteiger partial charge on any atom is 0.181 e. The van der Waals surface area contributed by atoms with Crippen LogP contribution in [0.15, 0.2) is 29.4 Å². The second-order valence-corrected chi connectivity index (χ2v) is 3.76. The van der Waals surface area contributed by atoms with Crippen LogP contribution < -0.4 is 5.73 Å². The fourth-order valence-electron chi connectivity index (χ4n) is 1.28. The Morgan fingerprint density at radius 2 is 2.29 bits per heavy atom. The lowest BCUT2D eigenvalue weighted by Crippen LogP contribution is -2.10. The lowest BCUT2D eigenvalue weighted by atomic mass is 10.4. The van der Waals surface area contributed by atoms with Gasteiger partial charge in [-0.2, -0.15) is 5.10 Å². The third kappa shape index (κ3) is 3.04. The predicted molar refractivity (Wildman–Crippen MR) is 68.7 cm³/mol. The number of halogens is 1. The maximum atomic E-state index is 10.7. The van der Waals surface area contributed by atoms with Crippen LogP contribution in [0.4, 0.5) is 0 Å². The number of aliphatic imine (C=N–C) groups is 1. The van der Waals surface area contributed by atoms with E-state index in [2.05, 4.69) is 16.7 Å². The summed E-state index contributed by atoms with van der Waals surface area (Å²) in [5.74, 6) is 0.190. The molecule has 0 saturated carbocycles. The highest BCUT2D eigenvalue weighted by Crippen LogP contribution is 2.14. The van der Waals surface area contributed by atoms with Gasteiger partial charge in [0, 0.05) is 5.69 Å². The van der Waals surface area contributed by atoms with Crippen LogP contribution in [0.3, 0.4) is 0 Å². The molecule has 0 atom stereocenters. The smallest absolute Gasteiger partial charge is 0.181 e. The Kier molecular flexibility index (Phi) is 4.23. The number of nitrogens with two attached hydrogens (primary N) is 1. The summed E-state index contributed by atoms with van der Waals surface area (Å²) in [6.45, 7) is 7.14. The normalized spacial score (nSPS) is 13.2. The van der Waals surface area contributed by atoms with Crippen LogP contribution >= 0.6 is 11.6 Å². The first-order valence-corrected chi connectivity index (χ1v) is 5.22. The van der Waals surface area contributed by atoms with Gasteiger partial charge in [0.2, 0.25) is 0 Å². The number of aromatic nitrogens is 2. The van der Waals surface area contributed by atoms with Crippen LogP contribution in [0.25, 0.3) is 5.82 Å². The molecule has 0 bridgehead atoms. The highest BCUT2D eigenvalue weighted by Gasteiger charge is 2.10. The summed E-state index contributed by atoms with van der Waals surface area (Å²) in [7, 11) is 0. The highest BCUT2D eigenvalue weighted by molar-refractivity contribution is 6.68. The molecule has 0 aliphatic rings. The first-order valence-electron chi connectivity index (χ1n) is 4.84. The molecule has 6 heteroatoms. The van der Waals surface area contributed by atoms with Gasteiger partial charge in [-0.15, -0.1) is 0 Å². The summed E-state index contributed by atoms with van der Waals surface area (Å²) in [4.78, 5) is 14.7. The Labute approximate surface area is 104 Å². The van der Waals surface area contributed by atoms with Gasteiger partial charge in [0.05, 0.1) is 5.69 Å². The van der Waals surface area contributed by atoms with Gasteiger partial charge < -0.3 is 5.73 Å². The van der Waals surface area contributed by atoms with Gasteiger partial charge in [-0.05, 0) is 26.0 Å². The molecule has 0 amide bonds. The van der Waals surface area contributed by atoms with E-state index in [9.17, 15) is 4.79 Å². The van der Waals surface area contributed by atoms with E-state index in [-0.39, 0.29) is 16.7 Å². The molecule has 0 fully saturated rings. The van der Waals surface area contributed by atoms with Gasteiger partial charge in [0.15, 0.2) is 12.1 Å². The first-order chi connectivity index (χ1) is 7.99. The number of hydrogen-bond donors (Lipinski definition) is 1. The number of nitrogens with zero attached hydrogens (tertiary/aromatic N) is 3. The molecule has 0 aromatic carbocycles. The van der Waals surface area contributed by atoms with E-state index in [0.29, 0.717) is 6.29 Å². The van der Waals surface area contributed by atoms with E-state index < -0.39 is 0 Å². The molecule has 0 aliphatic heterocycles. The minimum atomic E-state index is -0.0452. The van der Waals surface area contributed by atoms with Crippen LogP contribution in [0.2, 0.25) is 0 Å². The van der Waals surface area contributed by atoms with Crippen molar-refractivity contribution in [2.24, 2.45) is 10.7 Å². The Morgan fingerprint density at radius 1 is 1.65 bits per heavy atom. The highest BCUT2D eigenvalue weighted by atomic mass is 35.5. The largest absolute Gasteiger partial charge is 0.393 e. The van der Waals surface area contributed by atoms with E-state index in [1.807, 2.05) is 19.9 Å². The van der Waals surface area contributed by atoms with Gasteiger partial charge in [0.25, 0.3) is 0 Å². The van der Waals surface area contributed by atoms with Crippen molar-refractivity contribution >= 4 is 28.9 Å². The van der Waals surface area contributed by atoms with E-state index in [4.69, 9.17) is 17.3 Å². The molecule has 1 heterocycles. The molecule has 0 radical (unpaired) electrons. The molecule has 1 rings (SSSR count). The van der Waals surface area contributed by atoms with Crippen LogP contribution in [0.1, 0.15) is 11.4 Å². The van der Waals surface area contributed by atoms with Crippen molar-refractivity contribution in [1.82, 2.24) is 9.78 Å². The first kappa shape index (κ1) is 13.2. The number of aldehydes is 1. The van der Waals surface area contributed by atoms with Crippen molar-refractivity contribution in [3.05, 3.63) is 35.8 Å². The second kappa shape index (κ2) is 5.45. The number of hydrogen-bond acceptors (Lipinski definition) is 4. The molecular weight excluding hydrogens is 240 g/mol. The molecule has 0 saturated heterocycles. The fraction of sp³-hybridized carbons (Fsp3) is 0.182. The van der Waals surface area contributed by atoms with Gasteiger partial charge in [0.1, 0.15) is 10.9 Å². The fourth-order valence-corrected chi connectivity index (χ4v) is 1.36. The quantitative estimate of drug-likeness (QED) is 0.503. The maximum absolute atomic E-state index is 10.7. The molecule has 1 aromatic heterocycles.